The first-order chi connectivity index (χ1) is 6.77. The van der Waals surface area contributed by atoms with Gasteiger partial charge in [-0.15, -0.1) is 0 Å². The molecule has 2 saturated heterocycles. The third kappa shape index (κ3) is 2.13. The number of rotatable bonds is 1. The van der Waals surface area contributed by atoms with E-state index in [1.165, 1.54) is 0 Å². The van der Waals surface area contributed by atoms with E-state index in [0.717, 1.165) is 6.61 Å². The summed E-state index contributed by atoms with van der Waals surface area (Å²) in [5.41, 5.74) is 0. The van der Waals surface area contributed by atoms with E-state index in [1.54, 1.807) is 0 Å². The van der Waals surface area contributed by atoms with Crippen LogP contribution in [0.15, 0.2) is 0 Å². The van der Waals surface area contributed by atoms with E-state index in [1.807, 2.05) is 0 Å². The molecule has 0 bridgehead atoms. The van der Waals surface area contributed by atoms with Gasteiger partial charge in [0.1, 0.15) is 5.78 Å². The summed E-state index contributed by atoms with van der Waals surface area (Å²) in [6.07, 6.45) is 0.553. The van der Waals surface area contributed by atoms with Crippen LogP contribution in [0.3, 0.4) is 0 Å². The molecule has 0 aromatic rings. The lowest BCUT2D eigenvalue weighted by Gasteiger charge is -2.35. The van der Waals surface area contributed by atoms with Gasteiger partial charge in [-0.1, -0.05) is 0 Å². The number of hydrogen-bond donors (Lipinski definition) is 1. The van der Waals surface area contributed by atoms with Gasteiger partial charge in [-0.05, 0) is 6.92 Å². The van der Waals surface area contributed by atoms with Crippen LogP contribution in [0.4, 0.5) is 0 Å². The van der Waals surface area contributed by atoms with Crippen LogP contribution in [0.5, 0.6) is 0 Å². The fourth-order valence-corrected chi connectivity index (χ4v) is 2.07. The van der Waals surface area contributed by atoms with Crippen LogP contribution in [-0.2, 0) is 14.3 Å². The molecule has 80 valence electrons. The molecule has 4 nitrogen and oxygen atoms in total. The number of Topliss-reactive ketones (excluding diaryl/α,β-unsaturated/α-hetero) is 1. The highest BCUT2D eigenvalue weighted by molar-refractivity contribution is 5.82. The molecule has 0 aromatic heterocycles. The molecule has 3 atom stereocenters. The van der Waals surface area contributed by atoms with E-state index in [-0.39, 0.29) is 12.0 Å². The Balaban J connectivity index is 1.94. The molecule has 0 aromatic carbocycles. The molecule has 2 heterocycles. The van der Waals surface area contributed by atoms with Crippen molar-refractivity contribution < 1.29 is 14.3 Å². The van der Waals surface area contributed by atoms with Gasteiger partial charge >= 0.3 is 0 Å². The van der Waals surface area contributed by atoms with Gasteiger partial charge in [-0.2, -0.15) is 0 Å². The van der Waals surface area contributed by atoms with Gasteiger partial charge in [-0.3, -0.25) is 4.79 Å². The average Bonchev–Trinajstić information content (AvgIpc) is 2.18. The molecule has 2 rings (SSSR count). The molecular formula is C10H17NO3. The summed E-state index contributed by atoms with van der Waals surface area (Å²) < 4.78 is 10.8. The van der Waals surface area contributed by atoms with Crippen molar-refractivity contribution in [1.29, 1.82) is 0 Å². The Bertz CT molecular complexity index is 219. The van der Waals surface area contributed by atoms with Crippen LogP contribution in [0.2, 0.25) is 0 Å². The van der Waals surface area contributed by atoms with Crippen molar-refractivity contribution in [2.24, 2.45) is 5.92 Å². The first-order valence-corrected chi connectivity index (χ1v) is 5.21. The van der Waals surface area contributed by atoms with E-state index in [2.05, 4.69) is 12.2 Å². The maximum absolute atomic E-state index is 11.6. The second kappa shape index (κ2) is 4.38. The highest BCUT2D eigenvalue weighted by Crippen LogP contribution is 2.17. The minimum Gasteiger partial charge on any atom is -0.380 e. The second-order valence-corrected chi connectivity index (χ2v) is 4.11. The van der Waals surface area contributed by atoms with Crippen LogP contribution in [0.1, 0.15) is 13.3 Å². The zero-order chi connectivity index (χ0) is 9.97. The molecule has 1 N–H and O–H groups in total. The fraction of sp³-hybridized carbons (Fsp3) is 0.900. The third-order valence-electron chi connectivity index (χ3n) is 2.85. The zero-order valence-corrected chi connectivity index (χ0v) is 8.49. The van der Waals surface area contributed by atoms with Crippen molar-refractivity contribution in [2.45, 2.75) is 25.4 Å². The van der Waals surface area contributed by atoms with Gasteiger partial charge in [-0.25, -0.2) is 0 Å². The largest absolute Gasteiger partial charge is 0.380 e. The number of morpholine rings is 1. The number of hydrogen-bond acceptors (Lipinski definition) is 4. The summed E-state index contributed by atoms with van der Waals surface area (Å²) in [5, 5.41) is 3.39. The minimum absolute atomic E-state index is 0.00787. The highest BCUT2D eigenvalue weighted by Gasteiger charge is 2.33. The van der Waals surface area contributed by atoms with Gasteiger partial charge in [0.2, 0.25) is 0 Å². The number of ketones is 1. The summed E-state index contributed by atoms with van der Waals surface area (Å²) in [7, 11) is 0. The lowest BCUT2D eigenvalue weighted by atomic mass is 9.91. The Morgan fingerprint density at radius 2 is 2.14 bits per heavy atom. The lowest BCUT2D eigenvalue weighted by Crippen LogP contribution is -2.54. The monoisotopic (exact) mass is 199 g/mol. The Morgan fingerprint density at radius 1 is 1.29 bits per heavy atom. The Kier molecular flexibility index (Phi) is 3.15. The zero-order valence-electron chi connectivity index (χ0n) is 8.49. The predicted molar refractivity (Wildman–Crippen MR) is 51.1 cm³/mol. The first-order valence-electron chi connectivity index (χ1n) is 5.21. The van der Waals surface area contributed by atoms with Gasteiger partial charge in [0, 0.05) is 18.5 Å². The van der Waals surface area contributed by atoms with Crippen molar-refractivity contribution in [2.75, 3.05) is 26.4 Å². The molecule has 0 saturated carbocycles. The van der Waals surface area contributed by atoms with Gasteiger partial charge in [0.25, 0.3) is 0 Å². The van der Waals surface area contributed by atoms with Crippen molar-refractivity contribution >= 4 is 5.78 Å². The topological polar surface area (TPSA) is 47.6 Å². The van der Waals surface area contributed by atoms with Crippen LogP contribution in [-0.4, -0.2) is 44.3 Å². The van der Waals surface area contributed by atoms with E-state index >= 15 is 0 Å². The van der Waals surface area contributed by atoms with E-state index in [4.69, 9.17) is 9.47 Å². The molecule has 0 spiro atoms. The molecule has 2 aliphatic heterocycles. The molecular weight excluding hydrogens is 182 g/mol. The highest BCUT2D eigenvalue weighted by atomic mass is 16.5. The molecule has 0 radical (unpaired) electrons. The van der Waals surface area contributed by atoms with Gasteiger partial charge in [0.15, 0.2) is 0 Å². The van der Waals surface area contributed by atoms with Gasteiger partial charge < -0.3 is 14.8 Å². The number of nitrogens with one attached hydrogen (secondary N) is 1. The smallest absolute Gasteiger partial charge is 0.142 e. The number of carbonyl (C=O) groups is 1. The maximum atomic E-state index is 11.6. The predicted octanol–water partition coefficient (Wildman–Crippen LogP) is -0.0311. The van der Waals surface area contributed by atoms with Crippen LogP contribution in [0.25, 0.3) is 0 Å². The molecule has 0 aliphatic carbocycles. The average molecular weight is 199 g/mol. The summed E-state index contributed by atoms with van der Waals surface area (Å²) in [4.78, 5) is 11.6. The van der Waals surface area contributed by atoms with Crippen LogP contribution in [0, 0.1) is 5.92 Å². The van der Waals surface area contributed by atoms with Crippen LogP contribution < -0.4 is 5.32 Å². The molecule has 14 heavy (non-hydrogen) atoms. The lowest BCUT2D eigenvalue weighted by molar-refractivity contribution is -0.134. The van der Waals surface area contributed by atoms with Gasteiger partial charge in [0.05, 0.1) is 32.3 Å². The summed E-state index contributed by atoms with van der Waals surface area (Å²) in [6, 6.07) is 0.482. The van der Waals surface area contributed by atoms with Crippen molar-refractivity contribution in [1.82, 2.24) is 5.32 Å². The third-order valence-corrected chi connectivity index (χ3v) is 2.85. The number of carbonyl (C=O) groups excluding carboxylic acids is 1. The molecule has 0 amide bonds. The SMILES string of the molecule is CC1COCC(C2COCCC2=O)N1. The summed E-state index contributed by atoms with van der Waals surface area (Å²) in [5.74, 6) is 0.304. The Labute approximate surface area is 84.0 Å². The fourth-order valence-electron chi connectivity index (χ4n) is 2.07. The number of ether oxygens (including phenoxy) is 2. The normalized spacial score (nSPS) is 39.8. The second-order valence-electron chi connectivity index (χ2n) is 4.11. The molecule has 4 heteroatoms. The van der Waals surface area contributed by atoms with Crippen molar-refractivity contribution in [3.8, 4) is 0 Å². The van der Waals surface area contributed by atoms with Crippen molar-refractivity contribution in [3.63, 3.8) is 0 Å². The van der Waals surface area contributed by atoms with E-state index in [0.29, 0.717) is 38.1 Å². The summed E-state index contributed by atoms with van der Waals surface area (Å²) >= 11 is 0. The summed E-state index contributed by atoms with van der Waals surface area (Å²) in [6.45, 7) is 4.56. The molecule has 2 aliphatic rings. The first kappa shape index (κ1) is 10.1. The Hall–Kier alpha value is -0.450. The molecule has 3 unspecified atom stereocenters. The maximum Gasteiger partial charge on any atom is 0.142 e. The van der Waals surface area contributed by atoms with E-state index < -0.39 is 0 Å². The molecule has 2 fully saturated rings. The van der Waals surface area contributed by atoms with Crippen LogP contribution >= 0.6 is 0 Å². The standard InChI is InChI=1S/C10H17NO3/c1-7-4-14-6-9(11-7)8-5-13-3-2-10(8)12/h7-9,11H,2-6H2,1H3. The quantitative estimate of drug-likeness (QED) is 0.644. The van der Waals surface area contributed by atoms with E-state index in [9.17, 15) is 4.79 Å². The minimum atomic E-state index is -0.00787. The Morgan fingerprint density at radius 3 is 2.86 bits per heavy atom. The van der Waals surface area contributed by atoms with Crippen molar-refractivity contribution in [3.05, 3.63) is 0 Å².